The van der Waals surface area contributed by atoms with Crippen molar-refractivity contribution in [3.05, 3.63) is 76.2 Å². The second kappa shape index (κ2) is 14.4. The molecule has 0 bridgehead atoms. The van der Waals surface area contributed by atoms with E-state index in [0.717, 1.165) is 62.2 Å². The van der Waals surface area contributed by atoms with Gasteiger partial charge in [-0.05, 0) is 36.8 Å². The Morgan fingerprint density at radius 1 is 0.947 bits per heavy atom. The summed E-state index contributed by atoms with van der Waals surface area (Å²) in [6.45, 7) is 14.0. The number of nitrogens with one attached hydrogen (secondary N) is 2. The molecule has 3 aromatic rings. The molecule has 1 unspecified atom stereocenters. The van der Waals surface area contributed by atoms with Crippen LogP contribution in [0.25, 0.3) is 0 Å². The van der Waals surface area contributed by atoms with E-state index in [2.05, 4.69) is 69.1 Å². The van der Waals surface area contributed by atoms with E-state index in [1.54, 1.807) is 36.5 Å². The van der Waals surface area contributed by atoms with Crippen LogP contribution in [0, 0.1) is 28.1 Å². The van der Waals surface area contributed by atoms with Crippen molar-refractivity contribution in [2.24, 2.45) is 16.7 Å². The maximum Gasteiger partial charge on any atom is 0.271 e. The number of halogens is 1. The Hall–Kier alpha value is -5.59. The molecule has 1 aromatic heterocycles. The van der Waals surface area contributed by atoms with Crippen LogP contribution in [-0.2, 0) is 9.59 Å². The SMILES string of the molecule is CC1(C)[C@H](NC(=O)c2cnc(N3CC(CN4CCN(c5ccc6c(c5)C(=O)N(C5CCC(=O)NC5=O)C6=O)CC4)C3)cn2)C(C)(C)[C@H]1Oc1ccc(C#N)c(Cl)c1. The average Bonchev–Trinajstić information content (AvgIpc) is 3.42. The number of carbonyl (C=O) groups is 5. The normalized spacial score (nSPS) is 24.3. The third kappa shape index (κ3) is 6.84. The fourth-order valence-electron chi connectivity index (χ4n) is 9.48. The number of hydrogen-bond donors (Lipinski definition) is 2. The molecule has 296 valence electrons. The Morgan fingerprint density at radius 2 is 1.67 bits per heavy atom. The quantitative estimate of drug-likeness (QED) is 0.303. The number of piperidine rings is 1. The van der Waals surface area contributed by atoms with E-state index < -0.39 is 40.5 Å². The Bertz CT molecular complexity index is 2190. The fraction of sp³-hybridized carbons (Fsp3) is 0.463. The van der Waals surface area contributed by atoms with Crippen LogP contribution in [0.2, 0.25) is 5.02 Å². The van der Waals surface area contributed by atoms with Crippen molar-refractivity contribution in [3.63, 3.8) is 0 Å². The molecule has 57 heavy (non-hydrogen) atoms. The number of benzene rings is 2. The summed E-state index contributed by atoms with van der Waals surface area (Å²) >= 11 is 6.23. The second-order valence-corrected chi connectivity index (χ2v) is 17.2. The van der Waals surface area contributed by atoms with Crippen molar-refractivity contribution in [2.75, 3.05) is 55.6 Å². The Labute approximate surface area is 335 Å². The van der Waals surface area contributed by atoms with Crippen LogP contribution in [0.15, 0.2) is 48.8 Å². The highest BCUT2D eigenvalue weighted by atomic mass is 35.5. The van der Waals surface area contributed by atoms with Crippen molar-refractivity contribution in [3.8, 4) is 11.8 Å². The van der Waals surface area contributed by atoms with Crippen LogP contribution in [0.5, 0.6) is 5.75 Å². The minimum Gasteiger partial charge on any atom is -0.489 e. The van der Waals surface area contributed by atoms with Gasteiger partial charge in [0.2, 0.25) is 11.8 Å². The lowest BCUT2D eigenvalue weighted by Gasteiger charge is -2.63. The van der Waals surface area contributed by atoms with E-state index in [0.29, 0.717) is 22.3 Å². The molecular weight excluding hydrogens is 750 g/mol. The molecule has 5 amide bonds. The van der Waals surface area contributed by atoms with Gasteiger partial charge in [-0.3, -0.25) is 39.1 Å². The highest BCUT2D eigenvalue weighted by molar-refractivity contribution is 6.31. The first-order chi connectivity index (χ1) is 27.1. The van der Waals surface area contributed by atoms with E-state index >= 15 is 0 Å². The third-order valence-corrected chi connectivity index (χ3v) is 12.6. The number of ether oxygens (including phenoxy) is 1. The largest absolute Gasteiger partial charge is 0.489 e. The lowest BCUT2D eigenvalue weighted by Crippen LogP contribution is -2.74. The third-order valence-electron chi connectivity index (χ3n) is 12.3. The average molecular weight is 794 g/mol. The molecule has 1 aliphatic carbocycles. The lowest BCUT2D eigenvalue weighted by atomic mass is 9.49. The van der Waals surface area contributed by atoms with Crippen molar-refractivity contribution >= 4 is 52.6 Å². The molecule has 0 spiro atoms. The number of amides is 5. The molecule has 1 saturated carbocycles. The van der Waals surface area contributed by atoms with Gasteiger partial charge in [-0.1, -0.05) is 39.3 Å². The zero-order valence-corrected chi connectivity index (χ0v) is 33.0. The van der Waals surface area contributed by atoms with E-state index in [1.165, 1.54) is 6.20 Å². The molecule has 3 saturated heterocycles. The van der Waals surface area contributed by atoms with E-state index in [4.69, 9.17) is 16.3 Å². The summed E-state index contributed by atoms with van der Waals surface area (Å²) in [5.74, 6) is -0.565. The molecule has 1 atom stereocenters. The van der Waals surface area contributed by atoms with Gasteiger partial charge in [0.1, 0.15) is 35.5 Å². The van der Waals surface area contributed by atoms with Gasteiger partial charge in [0.15, 0.2) is 0 Å². The first-order valence-electron chi connectivity index (χ1n) is 19.2. The van der Waals surface area contributed by atoms with Crippen LogP contribution < -0.4 is 25.2 Å². The summed E-state index contributed by atoms with van der Waals surface area (Å²) in [5, 5.41) is 14.9. The van der Waals surface area contributed by atoms with Gasteiger partial charge in [-0.2, -0.15) is 5.26 Å². The number of nitrogens with zero attached hydrogens (tertiary/aromatic N) is 7. The minimum absolute atomic E-state index is 0.0812. The first kappa shape index (κ1) is 38.3. The maximum atomic E-state index is 13.3. The standard InChI is InChI=1S/C41H44ClN9O6/c1-40(2)38(41(3,4)39(40)57-26-7-5-24(17-43)29(42)16-26)47-34(53)30-18-45-32(19-44-30)50-21-23(22-50)20-48-11-13-49(14-12-48)25-6-8-27-28(15-25)37(56)51(36(27)55)31-9-10-33(52)46-35(31)54/h5-8,15-16,18-19,23,31,38-39H,9-14,20-22H2,1-4H3,(H,47,53)(H,46,52,54)/t31?,38-,39-. The number of aromatic nitrogens is 2. The van der Waals surface area contributed by atoms with Crippen LogP contribution in [-0.4, -0.2) is 113 Å². The van der Waals surface area contributed by atoms with Crippen molar-refractivity contribution in [1.29, 1.82) is 5.26 Å². The van der Waals surface area contributed by atoms with Crippen LogP contribution in [0.3, 0.4) is 0 Å². The number of fused-ring (bicyclic) bond motifs is 1. The van der Waals surface area contributed by atoms with Crippen molar-refractivity contribution in [2.45, 2.75) is 58.7 Å². The van der Waals surface area contributed by atoms with Gasteiger partial charge in [0, 0.05) is 86.8 Å². The molecule has 2 N–H and O–H groups in total. The van der Waals surface area contributed by atoms with Crippen LogP contribution in [0.1, 0.15) is 77.3 Å². The second-order valence-electron chi connectivity index (χ2n) is 16.8. The minimum atomic E-state index is -0.986. The number of piperazine rings is 1. The van der Waals surface area contributed by atoms with E-state index in [-0.39, 0.29) is 47.7 Å². The molecule has 16 heteroatoms. The number of imide groups is 2. The Balaban J connectivity index is 0.793. The predicted octanol–water partition coefficient (Wildman–Crippen LogP) is 3.27. The van der Waals surface area contributed by atoms with Gasteiger partial charge < -0.3 is 19.9 Å². The zero-order valence-electron chi connectivity index (χ0n) is 32.3. The number of nitriles is 1. The molecule has 5 aliphatic rings. The Kier molecular flexibility index (Phi) is 9.68. The van der Waals surface area contributed by atoms with E-state index in [1.807, 2.05) is 6.07 Å². The van der Waals surface area contributed by atoms with Gasteiger partial charge in [0.05, 0.1) is 34.1 Å². The summed E-state index contributed by atoms with van der Waals surface area (Å²) in [6, 6.07) is 11.1. The maximum absolute atomic E-state index is 13.3. The lowest BCUT2D eigenvalue weighted by molar-refractivity contribution is -0.164. The van der Waals surface area contributed by atoms with Gasteiger partial charge in [-0.15, -0.1) is 0 Å². The molecule has 8 rings (SSSR count). The summed E-state index contributed by atoms with van der Waals surface area (Å²) in [7, 11) is 0. The molecule has 0 radical (unpaired) electrons. The van der Waals surface area contributed by atoms with Crippen LogP contribution >= 0.6 is 11.6 Å². The van der Waals surface area contributed by atoms with Gasteiger partial charge in [0.25, 0.3) is 17.7 Å². The molecule has 4 aliphatic heterocycles. The molecule has 5 heterocycles. The van der Waals surface area contributed by atoms with Crippen molar-refractivity contribution in [1.82, 2.24) is 30.4 Å². The molecule has 2 aromatic carbocycles. The number of carbonyl (C=O) groups excluding carboxylic acids is 5. The molecule has 15 nitrogen and oxygen atoms in total. The topological polar surface area (TPSA) is 181 Å². The van der Waals surface area contributed by atoms with Crippen molar-refractivity contribution < 1.29 is 28.7 Å². The summed E-state index contributed by atoms with van der Waals surface area (Å²) < 4.78 is 6.34. The molecular formula is C41H44ClN9O6. The zero-order chi connectivity index (χ0) is 40.4. The van der Waals surface area contributed by atoms with E-state index in [9.17, 15) is 29.2 Å². The van der Waals surface area contributed by atoms with Gasteiger partial charge in [-0.25, -0.2) is 9.97 Å². The number of anilines is 2. The smallest absolute Gasteiger partial charge is 0.271 e. The monoisotopic (exact) mass is 793 g/mol. The highest BCUT2D eigenvalue weighted by Gasteiger charge is 2.64. The Morgan fingerprint density at radius 3 is 2.32 bits per heavy atom. The highest BCUT2D eigenvalue weighted by Crippen LogP contribution is 2.55. The molecule has 4 fully saturated rings. The summed E-state index contributed by atoms with van der Waals surface area (Å²) in [4.78, 5) is 80.6. The summed E-state index contributed by atoms with van der Waals surface area (Å²) in [6.07, 6.45) is 3.16. The summed E-state index contributed by atoms with van der Waals surface area (Å²) in [5.41, 5.74) is 1.24. The van der Waals surface area contributed by atoms with Crippen LogP contribution in [0.4, 0.5) is 11.5 Å². The number of hydrogen-bond acceptors (Lipinski definition) is 12. The predicted molar refractivity (Wildman–Crippen MR) is 209 cm³/mol. The van der Waals surface area contributed by atoms with Gasteiger partial charge >= 0.3 is 0 Å². The number of rotatable bonds is 9. The fourth-order valence-corrected chi connectivity index (χ4v) is 9.70. The first-order valence-corrected chi connectivity index (χ1v) is 19.6.